The number of nitrogens with zero attached hydrogens (tertiary/aromatic N) is 5. The Labute approximate surface area is 230 Å². The molecule has 0 spiro atoms. The van der Waals surface area contributed by atoms with Crippen LogP contribution in [0.1, 0.15) is 73.0 Å². The van der Waals surface area contributed by atoms with Gasteiger partial charge < -0.3 is 9.64 Å². The molecule has 2 aliphatic heterocycles. The summed E-state index contributed by atoms with van der Waals surface area (Å²) >= 11 is 0. The molecule has 2 aliphatic rings. The number of carbonyl (C=O) groups is 1. The van der Waals surface area contributed by atoms with Crippen molar-refractivity contribution in [2.45, 2.75) is 71.8 Å². The number of rotatable bonds is 6. The van der Waals surface area contributed by atoms with Crippen molar-refractivity contribution in [1.29, 1.82) is 0 Å². The lowest BCUT2D eigenvalue weighted by Crippen LogP contribution is -2.62. The highest BCUT2D eigenvalue weighted by atomic mass is 19.4. The summed E-state index contributed by atoms with van der Waals surface area (Å²) in [4.78, 5) is 28.4. The Kier molecular flexibility index (Phi) is 9.78. The van der Waals surface area contributed by atoms with E-state index in [0.717, 1.165) is 50.2 Å². The first-order valence-electron chi connectivity index (χ1n) is 13.2. The molecule has 0 radical (unpaired) electrons. The van der Waals surface area contributed by atoms with Crippen molar-refractivity contribution < 1.29 is 22.7 Å². The van der Waals surface area contributed by atoms with Gasteiger partial charge in [-0.15, -0.1) is 0 Å². The van der Waals surface area contributed by atoms with Crippen molar-refractivity contribution in [1.82, 2.24) is 24.7 Å². The summed E-state index contributed by atoms with van der Waals surface area (Å²) in [6.07, 6.45) is -1.12. The summed E-state index contributed by atoms with van der Waals surface area (Å²) in [6, 6.07) is 5.52. The van der Waals surface area contributed by atoms with E-state index in [0.29, 0.717) is 36.6 Å². The van der Waals surface area contributed by atoms with E-state index in [1.807, 2.05) is 18.7 Å². The Hall–Kier alpha value is -2.56. The number of hydrogen-bond donors (Lipinski definition) is 0. The first-order valence-corrected chi connectivity index (χ1v) is 13.2. The molecule has 3 heterocycles. The predicted octanol–water partition coefficient (Wildman–Crippen LogP) is 5.14. The fourth-order valence-corrected chi connectivity index (χ4v) is 5.93. The van der Waals surface area contributed by atoms with E-state index < -0.39 is 11.7 Å². The normalized spacial score (nSPS) is 21.3. The average molecular weight is 550 g/mol. The molecule has 216 valence electrons. The Balaban J connectivity index is 0.00000420. The third-order valence-corrected chi connectivity index (χ3v) is 8.36. The fraction of sp³-hybridized carbons (Fsp3) is 0.621. The van der Waals surface area contributed by atoms with E-state index >= 15 is 0 Å². The summed E-state index contributed by atoms with van der Waals surface area (Å²) in [5, 5.41) is 0. The van der Waals surface area contributed by atoms with E-state index in [-0.39, 0.29) is 31.0 Å². The molecule has 2 atom stereocenters. The molecule has 0 N–H and O–H groups in total. The maximum Gasteiger partial charge on any atom is 0.416 e. The van der Waals surface area contributed by atoms with Gasteiger partial charge in [0.15, 0.2) is 0 Å². The number of aromatic nitrogens is 2. The van der Waals surface area contributed by atoms with Gasteiger partial charge in [0.2, 0.25) is 0 Å². The van der Waals surface area contributed by atoms with E-state index in [1.54, 1.807) is 19.2 Å². The Morgan fingerprint density at radius 2 is 1.67 bits per heavy atom. The summed E-state index contributed by atoms with van der Waals surface area (Å²) in [5.74, 6) is -0.000198. The summed E-state index contributed by atoms with van der Waals surface area (Å²) in [5.41, 5.74) is 2.18. The number of piperidine rings is 1. The Morgan fingerprint density at radius 1 is 1.08 bits per heavy atom. The summed E-state index contributed by atoms with van der Waals surface area (Å²) < 4.78 is 44.7. The van der Waals surface area contributed by atoms with E-state index in [4.69, 9.17) is 4.74 Å². The second-order valence-corrected chi connectivity index (χ2v) is 10.8. The van der Waals surface area contributed by atoms with E-state index in [9.17, 15) is 18.0 Å². The molecular weight excluding hydrogens is 507 g/mol. The number of carbonyl (C=O) groups excluding carboxylic acids is 1. The van der Waals surface area contributed by atoms with Crippen LogP contribution in [-0.4, -0.2) is 88.6 Å². The van der Waals surface area contributed by atoms with Gasteiger partial charge in [0.05, 0.1) is 35.2 Å². The van der Waals surface area contributed by atoms with E-state index in [2.05, 4.69) is 33.6 Å². The first kappa shape index (κ1) is 31.0. The summed E-state index contributed by atoms with van der Waals surface area (Å²) in [6.45, 7) is 12.4. The Bertz CT molecular complexity index is 1100. The van der Waals surface area contributed by atoms with Crippen molar-refractivity contribution >= 4 is 5.91 Å². The third kappa shape index (κ3) is 6.61. The van der Waals surface area contributed by atoms with Gasteiger partial charge in [-0.05, 0) is 58.2 Å². The molecular formula is C29H42F3N5O2. The van der Waals surface area contributed by atoms with Crippen LogP contribution in [0.25, 0.3) is 0 Å². The van der Waals surface area contributed by atoms with Gasteiger partial charge in [0.25, 0.3) is 5.91 Å². The minimum atomic E-state index is -4.35. The van der Waals surface area contributed by atoms with Gasteiger partial charge in [0, 0.05) is 51.4 Å². The van der Waals surface area contributed by atoms with Gasteiger partial charge in [0.1, 0.15) is 6.33 Å². The number of ether oxygens (including phenoxy) is 1. The molecule has 0 bridgehead atoms. The Morgan fingerprint density at radius 3 is 2.18 bits per heavy atom. The second kappa shape index (κ2) is 12.3. The highest BCUT2D eigenvalue weighted by molar-refractivity contribution is 5.96. The zero-order valence-electron chi connectivity index (χ0n) is 22.9. The van der Waals surface area contributed by atoms with Crippen molar-refractivity contribution in [3.05, 3.63) is 58.7 Å². The number of likely N-dealkylation sites (tertiary alicyclic amines) is 1. The number of halogens is 3. The number of methoxy groups -OCH3 is 1. The predicted molar refractivity (Wildman–Crippen MR) is 146 cm³/mol. The highest BCUT2D eigenvalue weighted by Gasteiger charge is 2.41. The first-order chi connectivity index (χ1) is 17.9. The van der Waals surface area contributed by atoms with Gasteiger partial charge in [-0.3, -0.25) is 14.6 Å². The highest BCUT2D eigenvalue weighted by Crippen LogP contribution is 2.35. The van der Waals surface area contributed by atoms with Crippen molar-refractivity contribution in [2.75, 3.05) is 46.4 Å². The van der Waals surface area contributed by atoms with Crippen LogP contribution in [0.15, 0.2) is 30.6 Å². The van der Waals surface area contributed by atoms with Crippen molar-refractivity contribution in [3.63, 3.8) is 0 Å². The largest absolute Gasteiger partial charge is 0.416 e. The number of aryl methyl sites for hydroxylation is 2. The van der Waals surface area contributed by atoms with Gasteiger partial charge in [-0.2, -0.15) is 13.2 Å². The van der Waals surface area contributed by atoms with E-state index in [1.165, 1.54) is 6.33 Å². The molecule has 7 nitrogen and oxygen atoms in total. The monoisotopic (exact) mass is 549 g/mol. The fourth-order valence-electron chi connectivity index (χ4n) is 5.93. The number of alkyl halides is 3. The molecule has 0 unspecified atom stereocenters. The van der Waals surface area contributed by atoms with Gasteiger partial charge in [-0.1, -0.05) is 19.6 Å². The zero-order valence-corrected chi connectivity index (χ0v) is 22.9. The lowest BCUT2D eigenvalue weighted by atomic mass is 9.86. The molecule has 2 fully saturated rings. The number of benzene rings is 1. The van der Waals surface area contributed by atoms with Crippen LogP contribution >= 0.6 is 0 Å². The minimum absolute atomic E-state index is 0. The molecule has 2 aromatic rings. The molecule has 10 heteroatoms. The van der Waals surface area contributed by atoms with Crippen LogP contribution in [0.4, 0.5) is 13.2 Å². The van der Waals surface area contributed by atoms with Crippen molar-refractivity contribution in [2.24, 2.45) is 0 Å². The quantitative estimate of drug-likeness (QED) is 0.498. The van der Waals surface area contributed by atoms with Crippen LogP contribution in [0.5, 0.6) is 0 Å². The zero-order chi connectivity index (χ0) is 27.7. The minimum Gasteiger partial charge on any atom is -0.383 e. The van der Waals surface area contributed by atoms with Gasteiger partial charge in [-0.25, -0.2) is 9.97 Å². The van der Waals surface area contributed by atoms with Crippen molar-refractivity contribution in [3.8, 4) is 0 Å². The molecule has 2 saturated heterocycles. The average Bonchev–Trinajstić information content (AvgIpc) is 2.87. The lowest BCUT2D eigenvalue weighted by Gasteiger charge is -2.52. The molecule has 0 aliphatic carbocycles. The van der Waals surface area contributed by atoms with Crippen LogP contribution in [-0.2, 0) is 10.9 Å². The van der Waals surface area contributed by atoms with Crippen LogP contribution in [0.2, 0.25) is 0 Å². The number of amides is 1. The smallest absolute Gasteiger partial charge is 0.383 e. The molecule has 39 heavy (non-hydrogen) atoms. The maximum atomic E-state index is 13.2. The molecule has 1 aromatic heterocycles. The standard InChI is InChI=1S/C28H38F3N5O2.CH4/c1-19-16-35(14-15-36(19)24(17-38-5)22-6-8-23(9-7-22)28(29,30)31)27(4)10-12-34(13-11-27)26(37)25-20(2)32-18-33-21(25)3;/h6-9,18-19,24H,10-17H2,1-5H3;1H4/t19-,24-;/m0./s1. The van der Waals surface area contributed by atoms with Crippen LogP contribution < -0.4 is 0 Å². The molecule has 1 amide bonds. The number of hydrogen-bond acceptors (Lipinski definition) is 6. The lowest BCUT2D eigenvalue weighted by molar-refractivity contribution is -0.137. The second-order valence-electron chi connectivity index (χ2n) is 10.8. The van der Waals surface area contributed by atoms with Crippen LogP contribution in [0, 0.1) is 13.8 Å². The SMILES string of the molecule is C.COC[C@@H](c1ccc(C(F)(F)F)cc1)N1CCN(C2(C)CCN(C(=O)c3c(C)ncnc3C)CC2)C[C@@H]1C. The van der Waals surface area contributed by atoms with Crippen LogP contribution in [0.3, 0.4) is 0 Å². The molecule has 4 rings (SSSR count). The third-order valence-electron chi connectivity index (χ3n) is 8.36. The number of piperazine rings is 1. The molecule has 0 saturated carbocycles. The molecule has 1 aromatic carbocycles. The van der Waals surface area contributed by atoms with Gasteiger partial charge >= 0.3 is 6.18 Å². The maximum absolute atomic E-state index is 13.2. The summed E-state index contributed by atoms with van der Waals surface area (Å²) in [7, 11) is 1.62. The topological polar surface area (TPSA) is 61.8 Å².